The van der Waals surface area contributed by atoms with Gasteiger partial charge >= 0.3 is 0 Å². The number of thiocarbonyl (C=S) groups is 1. The maximum absolute atomic E-state index is 10.9. The Bertz CT molecular complexity index is 983. The highest BCUT2D eigenvalue weighted by molar-refractivity contribution is 7.80. The highest BCUT2D eigenvalue weighted by atomic mass is 32.1. The van der Waals surface area contributed by atoms with E-state index in [1.807, 2.05) is 6.92 Å². The minimum Gasteiger partial charge on any atom is -0.507 e. The van der Waals surface area contributed by atoms with Gasteiger partial charge in [-0.2, -0.15) is 5.10 Å². The predicted octanol–water partition coefficient (Wildman–Crippen LogP) is 4.73. The standard InChI is InChI=1S/C13H16N2O2S.C9H10N2/c1-4-10-5-12(8(2)14-15-9(3)18)13(17)6-11(10)7-16;1-6-3-4-8-9(5-6)11-7(2)10-8/h5-7,17H,4H2,1-3H3,(H,15,18);3-5,10-11H,2H2,1H3/b14-8+;. The average molecular weight is 411 g/mol. The van der Waals surface area contributed by atoms with Crippen LogP contribution in [0.5, 0.6) is 5.75 Å². The van der Waals surface area contributed by atoms with Gasteiger partial charge in [-0.05, 0) is 62.6 Å². The number of hydrogen-bond donors (Lipinski definition) is 4. The molecular weight excluding hydrogens is 384 g/mol. The van der Waals surface area contributed by atoms with Crippen molar-refractivity contribution in [2.45, 2.75) is 34.1 Å². The number of rotatable bonds is 4. The van der Waals surface area contributed by atoms with Gasteiger partial charge in [0, 0.05) is 11.1 Å². The van der Waals surface area contributed by atoms with Crippen LogP contribution in [0.3, 0.4) is 0 Å². The van der Waals surface area contributed by atoms with E-state index in [2.05, 4.69) is 52.9 Å². The molecule has 0 unspecified atom stereocenters. The first-order valence-corrected chi connectivity index (χ1v) is 9.61. The zero-order valence-electron chi connectivity index (χ0n) is 17.1. The second kappa shape index (κ2) is 9.84. The summed E-state index contributed by atoms with van der Waals surface area (Å²) < 4.78 is 0. The van der Waals surface area contributed by atoms with Gasteiger partial charge in [-0.3, -0.25) is 10.2 Å². The molecule has 1 aliphatic rings. The Kier molecular flexibility index (Phi) is 7.50. The number of phenolic OH excluding ortho intramolecular Hbond substituents is 1. The second-order valence-corrected chi connectivity index (χ2v) is 7.29. The fourth-order valence-electron chi connectivity index (χ4n) is 2.80. The fraction of sp³-hybridized carbons (Fsp3) is 0.227. The number of aromatic hydroxyl groups is 1. The Morgan fingerprint density at radius 2 is 1.93 bits per heavy atom. The number of carbonyl (C=O) groups is 1. The number of hydrogen-bond acceptors (Lipinski definition) is 6. The van der Waals surface area contributed by atoms with Crippen LogP contribution in [0, 0.1) is 6.92 Å². The maximum Gasteiger partial charge on any atom is 0.150 e. The molecule has 3 rings (SSSR count). The van der Waals surface area contributed by atoms with Crippen molar-refractivity contribution in [1.29, 1.82) is 0 Å². The van der Waals surface area contributed by atoms with Gasteiger partial charge in [0.25, 0.3) is 0 Å². The van der Waals surface area contributed by atoms with Crippen LogP contribution in [-0.4, -0.2) is 22.1 Å². The van der Waals surface area contributed by atoms with E-state index >= 15 is 0 Å². The molecule has 7 heteroatoms. The summed E-state index contributed by atoms with van der Waals surface area (Å²) in [5, 5.41) is 20.2. The van der Waals surface area contributed by atoms with Crippen molar-refractivity contribution in [2.75, 3.05) is 10.6 Å². The number of nitrogens with one attached hydrogen (secondary N) is 3. The molecule has 0 bridgehead atoms. The van der Waals surface area contributed by atoms with E-state index in [1.165, 1.54) is 11.6 Å². The molecule has 0 aliphatic carbocycles. The molecule has 0 fully saturated rings. The highest BCUT2D eigenvalue weighted by Gasteiger charge is 2.11. The van der Waals surface area contributed by atoms with E-state index in [4.69, 9.17) is 12.2 Å². The summed E-state index contributed by atoms with van der Waals surface area (Å²) in [4.78, 5) is 11.4. The molecule has 2 aromatic carbocycles. The molecule has 152 valence electrons. The molecule has 1 heterocycles. The smallest absolute Gasteiger partial charge is 0.150 e. The molecular formula is C22H26N4O2S. The molecule has 0 saturated carbocycles. The largest absolute Gasteiger partial charge is 0.507 e. The monoisotopic (exact) mass is 410 g/mol. The minimum absolute atomic E-state index is 0.0411. The Hall–Kier alpha value is -3.19. The molecule has 29 heavy (non-hydrogen) atoms. The van der Waals surface area contributed by atoms with Crippen molar-refractivity contribution < 1.29 is 9.90 Å². The lowest BCUT2D eigenvalue weighted by Gasteiger charge is -2.09. The third kappa shape index (κ3) is 5.89. The van der Waals surface area contributed by atoms with Crippen molar-refractivity contribution in [3.63, 3.8) is 0 Å². The first-order valence-electron chi connectivity index (χ1n) is 9.21. The Morgan fingerprint density at radius 3 is 2.55 bits per heavy atom. The first-order chi connectivity index (χ1) is 13.7. The number of nitrogens with zero attached hydrogens (tertiary/aromatic N) is 1. The summed E-state index contributed by atoms with van der Waals surface area (Å²) in [6.45, 7) is 11.3. The number of anilines is 2. The molecule has 1 aliphatic heterocycles. The number of hydrazone groups is 1. The zero-order valence-corrected chi connectivity index (χ0v) is 17.9. The summed E-state index contributed by atoms with van der Waals surface area (Å²) >= 11 is 4.86. The van der Waals surface area contributed by atoms with Crippen molar-refractivity contribution in [3.05, 3.63) is 65.0 Å². The van der Waals surface area contributed by atoms with Gasteiger partial charge in [0.2, 0.25) is 0 Å². The third-order valence-corrected chi connectivity index (χ3v) is 4.37. The summed E-state index contributed by atoms with van der Waals surface area (Å²) in [7, 11) is 0. The summed E-state index contributed by atoms with van der Waals surface area (Å²) in [6, 6.07) is 9.46. The van der Waals surface area contributed by atoms with Crippen LogP contribution in [0.25, 0.3) is 0 Å². The number of aryl methyl sites for hydroxylation is 2. The van der Waals surface area contributed by atoms with Gasteiger partial charge in [-0.15, -0.1) is 0 Å². The topological polar surface area (TPSA) is 85.8 Å². The zero-order chi connectivity index (χ0) is 21.6. The van der Waals surface area contributed by atoms with Crippen LogP contribution in [0.2, 0.25) is 0 Å². The van der Waals surface area contributed by atoms with Crippen molar-refractivity contribution in [2.24, 2.45) is 5.10 Å². The summed E-state index contributed by atoms with van der Waals surface area (Å²) in [5.74, 6) is 0.893. The summed E-state index contributed by atoms with van der Waals surface area (Å²) in [6.07, 6.45) is 1.46. The normalized spacial score (nSPS) is 12.1. The number of fused-ring (bicyclic) bond motifs is 1. The lowest BCUT2D eigenvalue weighted by atomic mass is 9.99. The first kappa shape index (κ1) is 22.1. The van der Waals surface area contributed by atoms with Gasteiger partial charge in [-0.25, -0.2) is 0 Å². The molecule has 4 N–H and O–H groups in total. The maximum atomic E-state index is 10.9. The predicted molar refractivity (Wildman–Crippen MR) is 124 cm³/mol. The Morgan fingerprint density at radius 1 is 1.24 bits per heavy atom. The Balaban J connectivity index is 0.000000230. The van der Waals surface area contributed by atoms with Gasteiger partial charge < -0.3 is 15.7 Å². The SMILES string of the molecule is C=C1Nc2ccc(C)cc2N1.CCc1cc(/C(C)=N/NC(C)=S)c(O)cc1C=O. The second-order valence-electron chi connectivity index (χ2n) is 6.68. The number of carbonyl (C=O) groups excluding carboxylic acids is 1. The fourth-order valence-corrected chi connectivity index (χ4v) is 2.85. The quantitative estimate of drug-likeness (QED) is 0.252. The minimum atomic E-state index is 0.0411. The van der Waals surface area contributed by atoms with Crippen LogP contribution < -0.4 is 16.1 Å². The van der Waals surface area contributed by atoms with E-state index in [0.717, 1.165) is 29.0 Å². The van der Waals surface area contributed by atoms with Crippen LogP contribution in [-0.2, 0) is 6.42 Å². The van der Waals surface area contributed by atoms with Gasteiger partial charge in [0.05, 0.1) is 22.1 Å². The molecule has 0 amide bonds. The molecule has 0 atom stereocenters. The summed E-state index contributed by atoms with van der Waals surface area (Å²) in [5.41, 5.74) is 8.76. The third-order valence-electron chi connectivity index (χ3n) is 4.28. The molecule has 0 radical (unpaired) electrons. The van der Waals surface area contributed by atoms with E-state index in [-0.39, 0.29) is 5.75 Å². The van der Waals surface area contributed by atoms with E-state index < -0.39 is 0 Å². The van der Waals surface area contributed by atoms with Crippen LogP contribution in [0.4, 0.5) is 11.4 Å². The molecule has 0 saturated heterocycles. The van der Waals surface area contributed by atoms with Crippen molar-refractivity contribution in [1.82, 2.24) is 5.43 Å². The lowest BCUT2D eigenvalue weighted by molar-refractivity contribution is 0.112. The van der Waals surface area contributed by atoms with E-state index in [0.29, 0.717) is 28.2 Å². The van der Waals surface area contributed by atoms with E-state index in [9.17, 15) is 9.90 Å². The van der Waals surface area contributed by atoms with Crippen LogP contribution in [0.1, 0.15) is 47.8 Å². The number of aldehydes is 1. The van der Waals surface area contributed by atoms with Crippen LogP contribution in [0.15, 0.2) is 47.8 Å². The van der Waals surface area contributed by atoms with E-state index in [1.54, 1.807) is 19.9 Å². The van der Waals surface area contributed by atoms with Crippen molar-refractivity contribution >= 4 is 40.6 Å². The molecule has 0 spiro atoms. The molecule has 6 nitrogen and oxygen atoms in total. The Labute approximate surface area is 176 Å². The van der Waals surface area contributed by atoms with Gasteiger partial charge in [-0.1, -0.05) is 31.8 Å². The molecule has 0 aromatic heterocycles. The van der Waals surface area contributed by atoms with Gasteiger partial charge in [0.1, 0.15) is 17.9 Å². The molecule has 2 aromatic rings. The number of benzene rings is 2. The van der Waals surface area contributed by atoms with Gasteiger partial charge in [0.15, 0.2) is 0 Å². The van der Waals surface area contributed by atoms with Crippen molar-refractivity contribution in [3.8, 4) is 5.75 Å². The number of phenols is 1. The van der Waals surface area contributed by atoms with Crippen LogP contribution >= 0.6 is 12.2 Å². The average Bonchev–Trinajstić information content (AvgIpc) is 3.05. The lowest BCUT2D eigenvalue weighted by Crippen LogP contribution is -2.13. The highest BCUT2D eigenvalue weighted by Crippen LogP contribution is 2.30.